The average Bonchev–Trinajstić information content (AvgIpc) is 3.31. The molecule has 0 bridgehead atoms. The van der Waals surface area contributed by atoms with Crippen molar-refractivity contribution in [1.29, 1.82) is 0 Å². The smallest absolute Gasteiger partial charge is 0.410 e. The molecule has 0 heterocycles. The first-order valence-electron chi connectivity index (χ1n) is 22.1. The summed E-state index contributed by atoms with van der Waals surface area (Å²) in [6.45, 7) is 10.6. The van der Waals surface area contributed by atoms with Crippen molar-refractivity contribution in [2.45, 2.75) is 83.7 Å². The number of halogens is 3. The molecule has 6 aromatic carbocycles. The van der Waals surface area contributed by atoms with E-state index in [-0.39, 0.29) is 12.0 Å². The van der Waals surface area contributed by atoms with Crippen molar-refractivity contribution in [3.63, 3.8) is 0 Å². The number of amides is 1. The van der Waals surface area contributed by atoms with Gasteiger partial charge < -0.3 is 23.8 Å². The van der Waals surface area contributed by atoms with Gasteiger partial charge in [0.2, 0.25) is 0 Å². The lowest BCUT2D eigenvalue weighted by Crippen LogP contribution is -2.36. The van der Waals surface area contributed by atoms with Gasteiger partial charge in [0.05, 0.1) is 14.2 Å². The number of methoxy groups -OCH3 is 3. The number of carbonyl (C=O) groups is 1. The zero-order chi connectivity index (χ0) is 47.8. The largest absolute Gasteiger partial charge is 0.497 e. The maximum atomic E-state index is 12.4. The minimum absolute atomic E-state index is 0.0338. The van der Waals surface area contributed by atoms with E-state index in [1.54, 1.807) is 40.4 Å². The van der Waals surface area contributed by atoms with Crippen LogP contribution in [0, 0.1) is 0 Å². The summed E-state index contributed by atoms with van der Waals surface area (Å²) in [6, 6.07) is 52.6. The van der Waals surface area contributed by atoms with Gasteiger partial charge in [-0.15, -0.1) is 0 Å². The zero-order valence-corrected chi connectivity index (χ0v) is 44.6. The molecular weight excluding hydrogens is 1010 g/mol. The molecule has 3 atom stereocenters. The second-order valence-corrected chi connectivity index (χ2v) is 19.4. The van der Waals surface area contributed by atoms with Crippen molar-refractivity contribution >= 4 is 53.9 Å². The van der Waals surface area contributed by atoms with E-state index >= 15 is 0 Å². The summed E-state index contributed by atoms with van der Waals surface area (Å²) < 4.78 is 23.5. The van der Waals surface area contributed by atoms with Crippen LogP contribution in [0.15, 0.2) is 165 Å². The van der Waals surface area contributed by atoms with Gasteiger partial charge in [-0.25, -0.2) is 4.79 Å². The summed E-state index contributed by atoms with van der Waals surface area (Å²) in [7, 11) is 8.37. The van der Waals surface area contributed by atoms with Crippen LogP contribution in [0.2, 0.25) is 0 Å². The second kappa shape index (κ2) is 29.3. The van der Waals surface area contributed by atoms with Crippen LogP contribution in [0.3, 0.4) is 0 Å². The van der Waals surface area contributed by atoms with Crippen LogP contribution >= 0.6 is 47.8 Å². The predicted octanol–water partition coefficient (Wildman–Crippen LogP) is 16.5. The Balaban J connectivity index is 0.000000257. The van der Waals surface area contributed by atoms with E-state index in [2.05, 4.69) is 170 Å². The first-order chi connectivity index (χ1) is 31.2. The van der Waals surface area contributed by atoms with Crippen LogP contribution < -0.4 is 9.47 Å². The van der Waals surface area contributed by atoms with Gasteiger partial charge in [-0.3, -0.25) is 0 Å². The summed E-state index contributed by atoms with van der Waals surface area (Å²) in [4.78, 5) is 14.0. The number of nitrogens with zero attached hydrogens (tertiary/aromatic N) is 1. The molecule has 0 saturated heterocycles. The topological polar surface area (TPSA) is 57.2 Å². The van der Waals surface area contributed by atoms with E-state index in [1.807, 2.05) is 69.3 Å². The molecule has 9 heteroatoms. The molecule has 348 valence electrons. The van der Waals surface area contributed by atoms with Gasteiger partial charge in [-0.05, 0) is 128 Å². The summed E-state index contributed by atoms with van der Waals surface area (Å²) in [6.07, 6.45) is 4.41. The van der Waals surface area contributed by atoms with E-state index in [4.69, 9.17) is 14.2 Å². The summed E-state index contributed by atoms with van der Waals surface area (Å²) in [5.41, 5.74) is 7.27. The number of benzene rings is 6. The number of hydrogen-bond acceptors (Lipinski definition) is 5. The number of rotatable bonds is 14. The van der Waals surface area contributed by atoms with E-state index in [0.717, 1.165) is 42.5 Å². The molecule has 0 aliphatic carbocycles. The van der Waals surface area contributed by atoms with Crippen molar-refractivity contribution in [2.75, 3.05) is 42.0 Å². The minimum Gasteiger partial charge on any atom is -0.497 e. The number of hydrogen-bond donors (Lipinski definition) is 0. The van der Waals surface area contributed by atoms with Crippen molar-refractivity contribution < 1.29 is 23.7 Å². The molecular formula is C56H68Br3NO5. The van der Waals surface area contributed by atoms with Crippen LogP contribution in [0.5, 0.6) is 11.5 Å². The lowest BCUT2D eigenvalue weighted by atomic mass is 9.88. The SMILES string of the molecule is CCCC(c1ccc(Br)cc1)c1ccc(OC)cc1.CCCC(c1ccccc1)c1ccc(Br)cc1.COC.COc1ccc(C(CN(C)C(=O)OC(C)(C)C)c2ccc(Br)cc2)cc1. The monoisotopic (exact) mass is 1070 g/mol. The van der Waals surface area contributed by atoms with Crippen molar-refractivity contribution in [3.8, 4) is 11.5 Å². The molecule has 3 unspecified atom stereocenters. The van der Waals surface area contributed by atoms with E-state index in [0.29, 0.717) is 18.4 Å². The molecule has 0 fully saturated rings. The fraction of sp³-hybridized carbons (Fsp3) is 0.339. The van der Waals surface area contributed by atoms with Gasteiger partial charge in [0.1, 0.15) is 17.1 Å². The Hall–Kier alpha value is -4.41. The van der Waals surface area contributed by atoms with Crippen molar-refractivity contribution in [2.24, 2.45) is 0 Å². The second-order valence-electron chi connectivity index (χ2n) is 16.6. The highest BCUT2D eigenvalue weighted by molar-refractivity contribution is 9.11. The molecule has 6 nitrogen and oxygen atoms in total. The number of carbonyl (C=O) groups excluding carboxylic acids is 1. The molecule has 6 rings (SSSR count). The van der Waals surface area contributed by atoms with Crippen LogP contribution in [0.1, 0.15) is 111 Å². The van der Waals surface area contributed by atoms with Gasteiger partial charge in [-0.1, -0.05) is 165 Å². The molecule has 0 spiro atoms. The van der Waals surface area contributed by atoms with Crippen LogP contribution in [0.25, 0.3) is 0 Å². The third-order valence-corrected chi connectivity index (χ3v) is 12.0. The van der Waals surface area contributed by atoms with Gasteiger partial charge in [0.15, 0.2) is 0 Å². The Kier molecular flexibility index (Phi) is 24.7. The van der Waals surface area contributed by atoms with Gasteiger partial charge in [0.25, 0.3) is 0 Å². The molecule has 0 radical (unpaired) electrons. The number of ether oxygens (including phenoxy) is 4. The van der Waals surface area contributed by atoms with Gasteiger partial charge in [0, 0.05) is 59.0 Å². The normalized spacial score (nSPS) is 12.0. The fourth-order valence-electron chi connectivity index (χ4n) is 7.16. The Morgan fingerprint density at radius 2 is 0.785 bits per heavy atom. The Morgan fingerprint density at radius 3 is 1.08 bits per heavy atom. The summed E-state index contributed by atoms with van der Waals surface area (Å²) in [5, 5.41) is 0. The van der Waals surface area contributed by atoms with Crippen LogP contribution in [0.4, 0.5) is 4.79 Å². The highest BCUT2D eigenvalue weighted by atomic mass is 79.9. The minimum atomic E-state index is -0.515. The summed E-state index contributed by atoms with van der Waals surface area (Å²) in [5.74, 6) is 2.74. The maximum Gasteiger partial charge on any atom is 0.410 e. The predicted molar refractivity (Wildman–Crippen MR) is 282 cm³/mol. The third kappa shape index (κ3) is 19.5. The molecule has 6 aromatic rings. The first kappa shape index (κ1) is 54.9. The molecule has 0 N–H and O–H groups in total. The Morgan fingerprint density at radius 1 is 0.492 bits per heavy atom. The lowest BCUT2D eigenvalue weighted by molar-refractivity contribution is 0.0294. The molecule has 0 aliphatic heterocycles. The van der Waals surface area contributed by atoms with Crippen molar-refractivity contribution in [3.05, 3.63) is 198 Å². The highest BCUT2D eigenvalue weighted by Crippen LogP contribution is 2.33. The Labute approximate surface area is 415 Å². The molecule has 0 saturated carbocycles. The molecule has 0 aromatic heterocycles. The van der Waals surface area contributed by atoms with Crippen LogP contribution in [-0.2, 0) is 9.47 Å². The Bertz CT molecular complexity index is 2190. The zero-order valence-electron chi connectivity index (χ0n) is 39.8. The van der Waals surface area contributed by atoms with Crippen molar-refractivity contribution in [1.82, 2.24) is 4.90 Å². The van der Waals surface area contributed by atoms with Gasteiger partial charge in [-0.2, -0.15) is 0 Å². The molecule has 65 heavy (non-hydrogen) atoms. The lowest BCUT2D eigenvalue weighted by Gasteiger charge is -2.28. The average molecular weight is 1070 g/mol. The third-order valence-electron chi connectivity index (χ3n) is 10.4. The maximum absolute atomic E-state index is 12.4. The van der Waals surface area contributed by atoms with Crippen LogP contribution in [-0.4, -0.2) is 58.6 Å². The molecule has 0 aliphatic rings. The highest BCUT2D eigenvalue weighted by Gasteiger charge is 2.24. The number of likely N-dealkylation sites (N-methyl/N-ethyl adjacent to an activating group) is 1. The van der Waals surface area contributed by atoms with E-state index in [1.165, 1.54) is 41.5 Å². The van der Waals surface area contributed by atoms with E-state index in [9.17, 15) is 4.79 Å². The fourth-order valence-corrected chi connectivity index (χ4v) is 7.96. The quantitative estimate of drug-likeness (QED) is 0.109. The van der Waals surface area contributed by atoms with Gasteiger partial charge >= 0.3 is 6.09 Å². The molecule has 1 amide bonds. The van der Waals surface area contributed by atoms with E-state index < -0.39 is 5.60 Å². The summed E-state index contributed by atoms with van der Waals surface area (Å²) >= 11 is 10.5. The first-order valence-corrected chi connectivity index (χ1v) is 24.5. The standard InChI is InChI=1S/C21H26BrNO3.C17H19BrO.C16H17Br.C2H6O/c1-21(2,3)26-20(24)23(4)14-19(15-6-10-17(22)11-7-15)16-8-12-18(25-5)13-9-16;1-3-4-17(13-5-9-15(18)10-6-13)14-7-11-16(19-2)12-8-14;1-2-6-16(13-7-4-3-5-8-13)14-9-11-15(17)12-10-14;1-3-2/h6-13,19H,14H2,1-5H3;5-12,17H,3-4H2,1-2H3;3-5,7-12,16H,2,6H2,1H3;1-2H3.